The largest absolute Gasteiger partial charge is 0.493 e. The summed E-state index contributed by atoms with van der Waals surface area (Å²) >= 11 is 0. The summed E-state index contributed by atoms with van der Waals surface area (Å²) < 4.78 is 37.4. The summed E-state index contributed by atoms with van der Waals surface area (Å²) in [5.74, 6) is -1.14. The smallest absolute Gasteiger partial charge is 0.164 e. The van der Waals surface area contributed by atoms with E-state index in [2.05, 4.69) is 0 Å². The number of rotatable bonds is 4. The van der Waals surface area contributed by atoms with Crippen molar-refractivity contribution < 1.29 is 23.4 Å². The molecule has 3 nitrogen and oxygen atoms in total. The Hall–Kier alpha value is -2.14. The Morgan fingerprint density at radius 3 is 2.24 bits per heavy atom. The molecule has 0 radical (unpaired) electrons. The van der Waals surface area contributed by atoms with Gasteiger partial charge in [0.05, 0.1) is 14.2 Å². The molecule has 2 rings (SSSR count). The molecule has 0 aliphatic carbocycles. The fraction of sp³-hybridized carbons (Fsp3) is 0.250. The molecule has 0 saturated heterocycles. The van der Waals surface area contributed by atoms with Gasteiger partial charge in [-0.2, -0.15) is 0 Å². The monoisotopic (exact) mass is 294 g/mol. The average Bonchev–Trinajstić information content (AvgIpc) is 2.49. The van der Waals surface area contributed by atoms with Crippen molar-refractivity contribution in [2.75, 3.05) is 14.2 Å². The van der Waals surface area contributed by atoms with Crippen LogP contribution in [0.3, 0.4) is 0 Å². The normalized spacial score (nSPS) is 12.1. The number of hydrogen-bond donors (Lipinski definition) is 1. The first-order chi connectivity index (χ1) is 9.99. The van der Waals surface area contributed by atoms with Gasteiger partial charge in [-0.1, -0.05) is 12.1 Å². The van der Waals surface area contributed by atoms with E-state index >= 15 is 0 Å². The van der Waals surface area contributed by atoms with Crippen molar-refractivity contribution >= 4 is 0 Å². The van der Waals surface area contributed by atoms with E-state index < -0.39 is 17.7 Å². The number of halogens is 2. The van der Waals surface area contributed by atoms with Gasteiger partial charge in [0.1, 0.15) is 6.10 Å². The van der Waals surface area contributed by atoms with E-state index in [1.165, 1.54) is 26.4 Å². The first kappa shape index (κ1) is 15.3. The van der Waals surface area contributed by atoms with Gasteiger partial charge >= 0.3 is 0 Å². The third-order valence-corrected chi connectivity index (χ3v) is 3.34. The summed E-state index contributed by atoms with van der Waals surface area (Å²) in [6, 6.07) is 6.94. The molecule has 0 aliphatic heterocycles. The molecule has 1 N–H and O–H groups in total. The third kappa shape index (κ3) is 2.83. The zero-order valence-electron chi connectivity index (χ0n) is 12.0. The SMILES string of the molecule is COc1cc(C)c(C(O)c2cccc(F)c2F)cc1OC. The molecule has 1 atom stereocenters. The summed E-state index contributed by atoms with van der Waals surface area (Å²) in [6.45, 7) is 1.75. The minimum Gasteiger partial charge on any atom is -0.493 e. The zero-order valence-corrected chi connectivity index (χ0v) is 12.0. The highest BCUT2D eigenvalue weighted by Gasteiger charge is 2.21. The number of ether oxygens (including phenoxy) is 2. The van der Waals surface area contributed by atoms with Gasteiger partial charge in [-0.05, 0) is 36.2 Å². The van der Waals surface area contributed by atoms with E-state index in [-0.39, 0.29) is 5.56 Å². The molecule has 1 unspecified atom stereocenters. The van der Waals surface area contributed by atoms with Crippen LogP contribution in [0.25, 0.3) is 0 Å². The van der Waals surface area contributed by atoms with Gasteiger partial charge in [0, 0.05) is 5.56 Å². The lowest BCUT2D eigenvalue weighted by Gasteiger charge is -2.18. The van der Waals surface area contributed by atoms with Crippen LogP contribution in [0.1, 0.15) is 22.8 Å². The van der Waals surface area contributed by atoms with E-state index in [1.807, 2.05) is 0 Å². The molecular formula is C16H16F2O3. The van der Waals surface area contributed by atoms with E-state index in [0.717, 1.165) is 6.07 Å². The zero-order chi connectivity index (χ0) is 15.6. The molecule has 21 heavy (non-hydrogen) atoms. The van der Waals surface area contributed by atoms with Crippen LogP contribution in [-0.2, 0) is 0 Å². The van der Waals surface area contributed by atoms with Gasteiger partial charge in [0.25, 0.3) is 0 Å². The molecule has 0 heterocycles. The third-order valence-electron chi connectivity index (χ3n) is 3.34. The highest BCUT2D eigenvalue weighted by molar-refractivity contribution is 5.49. The molecule has 0 aromatic heterocycles. The van der Waals surface area contributed by atoms with Crippen LogP contribution in [0, 0.1) is 18.6 Å². The standard InChI is InChI=1S/C16H16F2O3/c1-9-7-13(20-2)14(21-3)8-11(9)16(19)10-5-4-6-12(17)15(10)18/h4-8,16,19H,1-3H3. The van der Waals surface area contributed by atoms with Crippen molar-refractivity contribution in [2.45, 2.75) is 13.0 Å². The molecule has 0 bridgehead atoms. The van der Waals surface area contributed by atoms with Crippen molar-refractivity contribution in [3.05, 3.63) is 58.7 Å². The first-order valence-corrected chi connectivity index (χ1v) is 6.34. The topological polar surface area (TPSA) is 38.7 Å². The fourth-order valence-electron chi connectivity index (χ4n) is 2.19. The van der Waals surface area contributed by atoms with E-state index in [9.17, 15) is 13.9 Å². The number of aryl methyl sites for hydroxylation is 1. The fourth-order valence-corrected chi connectivity index (χ4v) is 2.19. The molecule has 0 fully saturated rings. The lowest BCUT2D eigenvalue weighted by Crippen LogP contribution is -2.07. The van der Waals surface area contributed by atoms with Gasteiger partial charge in [0.15, 0.2) is 23.1 Å². The summed E-state index contributed by atoms with van der Waals surface area (Å²) in [7, 11) is 2.96. The van der Waals surface area contributed by atoms with Gasteiger partial charge in [-0.15, -0.1) is 0 Å². The van der Waals surface area contributed by atoms with Crippen LogP contribution < -0.4 is 9.47 Å². The van der Waals surface area contributed by atoms with Crippen LogP contribution in [0.15, 0.2) is 30.3 Å². The molecule has 2 aromatic rings. The second-order valence-electron chi connectivity index (χ2n) is 4.61. The lowest BCUT2D eigenvalue weighted by molar-refractivity contribution is 0.211. The van der Waals surface area contributed by atoms with E-state index in [4.69, 9.17) is 9.47 Å². The van der Waals surface area contributed by atoms with Crippen LogP contribution in [0.5, 0.6) is 11.5 Å². The van der Waals surface area contributed by atoms with E-state index in [1.54, 1.807) is 19.1 Å². The maximum atomic E-state index is 13.8. The maximum Gasteiger partial charge on any atom is 0.164 e. The Labute approximate surface area is 121 Å². The Kier molecular flexibility index (Phi) is 4.43. The van der Waals surface area contributed by atoms with Gasteiger partial charge in [-0.3, -0.25) is 0 Å². The number of hydrogen-bond acceptors (Lipinski definition) is 3. The minimum atomic E-state index is -1.29. The van der Waals surface area contributed by atoms with Crippen molar-refractivity contribution in [2.24, 2.45) is 0 Å². The molecule has 0 spiro atoms. The predicted molar refractivity (Wildman–Crippen MR) is 74.7 cm³/mol. The number of aliphatic hydroxyl groups excluding tert-OH is 1. The highest BCUT2D eigenvalue weighted by Crippen LogP contribution is 2.35. The highest BCUT2D eigenvalue weighted by atomic mass is 19.2. The minimum absolute atomic E-state index is 0.120. The molecule has 0 aliphatic rings. The van der Waals surface area contributed by atoms with Crippen LogP contribution in [-0.4, -0.2) is 19.3 Å². The Morgan fingerprint density at radius 1 is 1.00 bits per heavy atom. The molecule has 0 saturated carbocycles. The molecule has 5 heteroatoms. The number of methoxy groups -OCH3 is 2. The Balaban J connectivity index is 2.53. The van der Waals surface area contributed by atoms with Crippen molar-refractivity contribution in [1.82, 2.24) is 0 Å². The number of benzene rings is 2. The summed E-state index contributed by atoms with van der Waals surface area (Å²) in [5, 5.41) is 10.4. The quantitative estimate of drug-likeness (QED) is 0.939. The Bertz CT molecular complexity index is 656. The van der Waals surface area contributed by atoms with E-state index in [0.29, 0.717) is 22.6 Å². The summed E-state index contributed by atoms with van der Waals surface area (Å²) in [6.07, 6.45) is -1.29. The molecular weight excluding hydrogens is 278 g/mol. The lowest BCUT2D eigenvalue weighted by atomic mass is 9.96. The van der Waals surface area contributed by atoms with Crippen molar-refractivity contribution in [3.8, 4) is 11.5 Å². The van der Waals surface area contributed by atoms with Crippen molar-refractivity contribution in [1.29, 1.82) is 0 Å². The molecule has 112 valence electrons. The van der Waals surface area contributed by atoms with Gasteiger partial charge in [-0.25, -0.2) is 8.78 Å². The maximum absolute atomic E-state index is 13.8. The summed E-state index contributed by atoms with van der Waals surface area (Å²) in [4.78, 5) is 0. The van der Waals surface area contributed by atoms with Crippen LogP contribution in [0.4, 0.5) is 8.78 Å². The predicted octanol–water partition coefficient (Wildman–Crippen LogP) is 3.37. The average molecular weight is 294 g/mol. The molecule has 2 aromatic carbocycles. The van der Waals surface area contributed by atoms with Gasteiger partial charge in [0.2, 0.25) is 0 Å². The Morgan fingerprint density at radius 2 is 1.62 bits per heavy atom. The van der Waals surface area contributed by atoms with Crippen LogP contribution in [0.2, 0.25) is 0 Å². The molecule has 0 amide bonds. The van der Waals surface area contributed by atoms with Crippen molar-refractivity contribution in [3.63, 3.8) is 0 Å². The second kappa shape index (κ2) is 6.10. The van der Waals surface area contributed by atoms with Crippen LogP contribution >= 0.6 is 0 Å². The summed E-state index contributed by atoms with van der Waals surface area (Å²) in [5.41, 5.74) is 0.992. The first-order valence-electron chi connectivity index (χ1n) is 6.34. The van der Waals surface area contributed by atoms with Gasteiger partial charge < -0.3 is 14.6 Å². The number of aliphatic hydroxyl groups is 1. The second-order valence-corrected chi connectivity index (χ2v) is 4.61.